The summed E-state index contributed by atoms with van der Waals surface area (Å²) in [7, 11) is 2.15. The van der Waals surface area contributed by atoms with Gasteiger partial charge in [-0.1, -0.05) is 38.1 Å². The Balaban J connectivity index is 1.47. The van der Waals surface area contributed by atoms with Crippen molar-refractivity contribution >= 4 is 28.4 Å². The molecule has 0 saturated carbocycles. The van der Waals surface area contributed by atoms with E-state index in [1.54, 1.807) is 9.47 Å². The molecule has 1 atom stereocenters. The van der Waals surface area contributed by atoms with Crippen molar-refractivity contribution in [1.82, 2.24) is 14.5 Å². The topological polar surface area (TPSA) is 61.7 Å². The normalized spacial score (nSPS) is 19.2. The smallest absolute Gasteiger partial charge is 0.263 e. The molecule has 0 aliphatic carbocycles. The highest BCUT2D eigenvalue weighted by molar-refractivity contribution is 5.94. The first-order chi connectivity index (χ1) is 16.4. The molecule has 0 N–H and O–H groups in total. The van der Waals surface area contributed by atoms with Crippen molar-refractivity contribution in [2.75, 3.05) is 43.0 Å². The van der Waals surface area contributed by atoms with Gasteiger partial charge in [0, 0.05) is 44.3 Å². The zero-order valence-corrected chi connectivity index (χ0v) is 20.3. The zero-order chi connectivity index (χ0) is 23.8. The van der Waals surface area contributed by atoms with Crippen molar-refractivity contribution in [3.63, 3.8) is 0 Å². The van der Waals surface area contributed by atoms with Gasteiger partial charge in [-0.3, -0.25) is 19.1 Å². The lowest BCUT2D eigenvalue weighted by Crippen LogP contribution is -2.45. The molecule has 7 nitrogen and oxygen atoms in total. The summed E-state index contributed by atoms with van der Waals surface area (Å²) in [5.41, 5.74) is 2.81. The highest BCUT2D eigenvalue weighted by Gasteiger charge is 2.34. The number of hydrogen-bond acceptors (Lipinski definition) is 5. The van der Waals surface area contributed by atoms with Gasteiger partial charge in [-0.25, -0.2) is 4.98 Å². The van der Waals surface area contributed by atoms with E-state index in [1.165, 1.54) is 5.69 Å². The van der Waals surface area contributed by atoms with Crippen LogP contribution in [0.4, 0.5) is 11.6 Å². The molecule has 34 heavy (non-hydrogen) atoms. The number of rotatable bonds is 5. The Labute approximate surface area is 200 Å². The quantitative estimate of drug-likeness (QED) is 0.583. The maximum atomic E-state index is 13.5. The van der Waals surface area contributed by atoms with E-state index in [0.717, 1.165) is 38.2 Å². The van der Waals surface area contributed by atoms with E-state index in [1.807, 2.05) is 24.3 Å². The predicted molar refractivity (Wildman–Crippen MR) is 136 cm³/mol. The monoisotopic (exact) mass is 459 g/mol. The van der Waals surface area contributed by atoms with Gasteiger partial charge in [0.25, 0.3) is 5.56 Å². The lowest BCUT2D eigenvalue weighted by atomic mass is 9.98. The van der Waals surface area contributed by atoms with Gasteiger partial charge >= 0.3 is 0 Å². The van der Waals surface area contributed by atoms with Crippen LogP contribution in [-0.4, -0.2) is 53.6 Å². The van der Waals surface area contributed by atoms with Gasteiger partial charge in [-0.05, 0) is 49.2 Å². The molecule has 2 aliphatic rings. The number of benzene rings is 2. The fourth-order valence-electron chi connectivity index (χ4n) is 5.12. The molecule has 0 radical (unpaired) electrons. The van der Waals surface area contributed by atoms with Crippen LogP contribution in [0.25, 0.3) is 10.9 Å². The van der Waals surface area contributed by atoms with Crippen LogP contribution in [-0.2, 0) is 11.3 Å². The number of nitrogens with zero attached hydrogens (tertiary/aromatic N) is 5. The van der Waals surface area contributed by atoms with E-state index in [-0.39, 0.29) is 17.5 Å². The summed E-state index contributed by atoms with van der Waals surface area (Å²) in [5.74, 6) is 0.863. The molecule has 3 aromatic rings. The number of hydrogen-bond donors (Lipinski definition) is 0. The van der Waals surface area contributed by atoms with E-state index in [4.69, 9.17) is 4.98 Å². The van der Waals surface area contributed by atoms with E-state index >= 15 is 0 Å². The summed E-state index contributed by atoms with van der Waals surface area (Å²) in [6, 6.07) is 15.7. The molecule has 1 aromatic heterocycles. The van der Waals surface area contributed by atoms with E-state index < -0.39 is 0 Å². The van der Waals surface area contributed by atoms with Gasteiger partial charge in [0.15, 0.2) is 0 Å². The maximum absolute atomic E-state index is 13.5. The minimum absolute atomic E-state index is 0.0241. The van der Waals surface area contributed by atoms with Gasteiger partial charge in [-0.2, -0.15) is 0 Å². The molecule has 3 heterocycles. The number of carbonyl (C=O) groups excluding carboxylic acids is 1. The number of aromatic nitrogens is 2. The summed E-state index contributed by atoms with van der Waals surface area (Å²) in [6.07, 6.45) is 1.09. The summed E-state index contributed by atoms with van der Waals surface area (Å²) in [5, 5.41) is 0.603. The zero-order valence-electron chi connectivity index (χ0n) is 20.3. The Morgan fingerprint density at radius 1 is 0.971 bits per heavy atom. The molecule has 2 aromatic carbocycles. The minimum atomic E-state index is -0.164. The molecule has 7 heteroatoms. The van der Waals surface area contributed by atoms with Crippen LogP contribution in [0.15, 0.2) is 53.3 Å². The lowest BCUT2D eigenvalue weighted by Gasteiger charge is -2.35. The maximum Gasteiger partial charge on any atom is 0.263 e. The summed E-state index contributed by atoms with van der Waals surface area (Å²) >= 11 is 0. The second kappa shape index (κ2) is 9.22. The van der Waals surface area contributed by atoms with Crippen LogP contribution >= 0.6 is 0 Å². The third kappa shape index (κ3) is 4.32. The Morgan fingerprint density at radius 3 is 2.38 bits per heavy atom. The highest BCUT2D eigenvalue weighted by Crippen LogP contribution is 2.32. The number of likely N-dealkylation sites (N-methyl/N-ethyl adjacent to an activating group) is 1. The van der Waals surface area contributed by atoms with Crippen LogP contribution in [0, 0.1) is 5.92 Å². The third-order valence-corrected chi connectivity index (χ3v) is 7.00. The van der Waals surface area contributed by atoms with E-state index in [9.17, 15) is 9.59 Å². The Bertz CT molecular complexity index is 1240. The average molecular weight is 460 g/mol. The molecule has 1 fully saturated rings. The van der Waals surface area contributed by atoms with Gasteiger partial charge in [-0.15, -0.1) is 0 Å². The standard InChI is InChI=1S/C27H33N5O2/c1-19(2)16-22-17-25(33)31(27-28-24-7-5-4-6-23(24)26(34)32(22)27)18-20-8-10-21(11-9-20)30-14-12-29(3)13-15-30/h4-11,19,22H,12-18H2,1-3H3/t22-/m0/s1. The van der Waals surface area contributed by atoms with Crippen LogP contribution in [0.1, 0.15) is 38.3 Å². The fraction of sp³-hybridized carbons (Fsp3) is 0.444. The molecule has 2 aliphatic heterocycles. The van der Waals surface area contributed by atoms with Crippen molar-refractivity contribution in [1.29, 1.82) is 0 Å². The van der Waals surface area contributed by atoms with Gasteiger partial charge in [0.05, 0.1) is 17.4 Å². The molecule has 0 bridgehead atoms. The molecule has 1 amide bonds. The van der Waals surface area contributed by atoms with Crippen molar-refractivity contribution in [2.45, 2.75) is 39.3 Å². The number of para-hydroxylation sites is 1. The van der Waals surface area contributed by atoms with Crippen LogP contribution in [0.2, 0.25) is 0 Å². The van der Waals surface area contributed by atoms with Crippen molar-refractivity contribution in [3.8, 4) is 0 Å². The molecular weight excluding hydrogens is 426 g/mol. The van der Waals surface area contributed by atoms with Crippen molar-refractivity contribution in [2.24, 2.45) is 5.92 Å². The van der Waals surface area contributed by atoms with Crippen LogP contribution in [0.3, 0.4) is 0 Å². The molecule has 0 unspecified atom stereocenters. The summed E-state index contributed by atoms with van der Waals surface area (Å²) < 4.78 is 1.77. The second-order valence-electron chi connectivity index (χ2n) is 10.0. The summed E-state index contributed by atoms with van der Waals surface area (Å²) in [4.78, 5) is 38.0. The first-order valence-electron chi connectivity index (χ1n) is 12.2. The largest absolute Gasteiger partial charge is 0.369 e. The Kier molecular flexibility index (Phi) is 6.13. The fourth-order valence-corrected chi connectivity index (χ4v) is 5.12. The van der Waals surface area contributed by atoms with Crippen molar-refractivity contribution < 1.29 is 4.79 Å². The van der Waals surface area contributed by atoms with Gasteiger partial charge < -0.3 is 9.80 Å². The summed E-state index contributed by atoms with van der Waals surface area (Å²) in [6.45, 7) is 8.81. The van der Waals surface area contributed by atoms with Crippen LogP contribution < -0.4 is 15.4 Å². The van der Waals surface area contributed by atoms with Gasteiger partial charge in [0.2, 0.25) is 11.9 Å². The number of anilines is 2. The molecular formula is C27H33N5O2. The third-order valence-electron chi connectivity index (χ3n) is 7.00. The van der Waals surface area contributed by atoms with E-state index in [2.05, 4.69) is 55.0 Å². The molecule has 178 valence electrons. The number of fused-ring (bicyclic) bond motifs is 2. The number of piperazine rings is 1. The first kappa shape index (κ1) is 22.6. The molecule has 5 rings (SSSR count). The first-order valence-corrected chi connectivity index (χ1v) is 12.2. The number of carbonyl (C=O) groups is 1. The van der Waals surface area contributed by atoms with Crippen molar-refractivity contribution in [3.05, 3.63) is 64.4 Å². The Hall–Kier alpha value is -3.19. The highest BCUT2D eigenvalue weighted by atomic mass is 16.2. The minimum Gasteiger partial charge on any atom is -0.369 e. The predicted octanol–water partition coefficient (Wildman–Crippen LogP) is 3.67. The lowest BCUT2D eigenvalue weighted by molar-refractivity contribution is -0.120. The average Bonchev–Trinajstić information content (AvgIpc) is 2.82. The second-order valence-corrected chi connectivity index (χ2v) is 10.0. The van der Waals surface area contributed by atoms with E-state index in [0.29, 0.717) is 35.7 Å². The van der Waals surface area contributed by atoms with Gasteiger partial charge in [0.1, 0.15) is 0 Å². The number of amides is 1. The molecule has 1 saturated heterocycles. The SMILES string of the molecule is CC(C)C[C@H]1CC(=O)N(Cc2ccc(N3CCN(C)CC3)cc2)c2nc3ccccc3c(=O)n21. The van der Waals surface area contributed by atoms with Crippen LogP contribution in [0.5, 0.6) is 0 Å². The Morgan fingerprint density at radius 2 is 1.68 bits per heavy atom. The molecule has 0 spiro atoms.